The van der Waals surface area contributed by atoms with Crippen LogP contribution in [0.4, 0.5) is 19.0 Å². The Kier molecular flexibility index (Phi) is 5.92. The van der Waals surface area contributed by atoms with Crippen molar-refractivity contribution in [2.45, 2.75) is 38.9 Å². The lowest BCUT2D eigenvalue weighted by Gasteiger charge is -2.35. The summed E-state index contributed by atoms with van der Waals surface area (Å²) >= 11 is 0. The van der Waals surface area contributed by atoms with Crippen LogP contribution >= 0.6 is 0 Å². The van der Waals surface area contributed by atoms with Gasteiger partial charge in [-0.3, -0.25) is 9.69 Å². The van der Waals surface area contributed by atoms with Gasteiger partial charge >= 0.3 is 6.18 Å². The van der Waals surface area contributed by atoms with Crippen LogP contribution in [0.25, 0.3) is 0 Å². The Morgan fingerprint density at radius 3 is 2.10 bits per heavy atom. The van der Waals surface area contributed by atoms with Crippen LogP contribution in [0.15, 0.2) is 29.1 Å². The molecule has 0 N–H and O–H groups in total. The maximum Gasteiger partial charge on any atom is 0.435 e. The molecule has 3 rings (SSSR count). The molecule has 0 unspecified atom stereocenters. The van der Waals surface area contributed by atoms with Crippen molar-refractivity contribution in [2.75, 3.05) is 37.6 Å². The first-order valence-electron chi connectivity index (χ1n) is 9.51. The molecule has 29 heavy (non-hydrogen) atoms. The van der Waals surface area contributed by atoms with E-state index in [1.165, 1.54) is 10.7 Å². The molecule has 1 saturated heterocycles. The van der Waals surface area contributed by atoms with Crippen LogP contribution in [-0.4, -0.2) is 57.6 Å². The minimum Gasteiger partial charge on any atom is -0.353 e. The zero-order valence-corrected chi connectivity index (χ0v) is 16.8. The van der Waals surface area contributed by atoms with E-state index in [0.717, 1.165) is 24.8 Å². The average Bonchev–Trinajstić information content (AvgIpc) is 2.66. The fraction of sp³-hybridized carbons (Fsp3) is 0.579. The summed E-state index contributed by atoms with van der Waals surface area (Å²) in [4.78, 5) is 16.2. The molecule has 158 valence electrons. The maximum atomic E-state index is 12.6. The lowest BCUT2D eigenvalue weighted by Crippen LogP contribution is -2.48. The maximum absolute atomic E-state index is 12.6. The zero-order valence-electron chi connectivity index (χ0n) is 16.8. The van der Waals surface area contributed by atoms with Gasteiger partial charge in [-0.15, -0.1) is 10.2 Å². The van der Waals surface area contributed by atoms with Gasteiger partial charge in [0.1, 0.15) is 0 Å². The predicted molar refractivity (Wildman–Crippen MR) is 103 cm³/mol. The first-order valence-corrected chi connectivity index (χ1v) is 9.51. The molecule has 1 fully saturated rings. The second kappa shape index (κ2) is 8.10. The molecule has 2 aromatic heterocycles. The molecular weight excluding hydrogens is 385 g/mol. The van der Waals surface area contributed by atoms with Crippen LogP contribution in [0.1, 0.15) is 32.2 Å². The number of nitrogens with zero attached hydrogens (tertiary/aromatic N) is 6. The molecule has 0 amide bonds. The summed E-state index contributed by atoms with van der Waals surface area (Å²) in [5.74, 6) is 0.438. The van der Waals surface area contributed by atoms with E-state index in [0.29, 0.717) is 32.0 Å². The lowest BCUT2D eigenvalue weighted by atomic mass is 9.92. The number of alkyl halides is 3. The summed E-state index contributed by atoms with van der Waals surface area (Å²) in [5, 5.41) is 11.5. The van der Waals surface area contributed by atoms with E-state index < -0.39 is 11.9 Å². The Balaban J connectivity index is 1.55. The molecular formula is C19H25F3N6O. The fourth-order valence-corrected chi connectivity index (χ4v) is 3.09. The Morgan fingerprint density at radius 1 is 0.897 bits per heavy atom. The third-order valence-electron chi connectivity index (χ3n) is 4.90. The first-order chi connectivity index (χ1) is 13.5. The highest BCUT2D eigenvalue weighted by molar-refractivity contribution is 5.38. The number of halogens is 3. The molecule has 7 nitrogen and oxygen atoms in total. The second-order valence-electron chi connectivity index (χ2n) is 8.13. The zero-order chi connectivity index (χ0) is 21.2. The van der Waals surface area contributed by atoms with E-state index in [1.54, 1.807) is 12.1 Å². The number of hydrogen-bond donors (Lipinski definition) is 0. The van der Waals surface area contributed by atoms with Crippen molar-refractivity contribution in [1.82, 2.24) is 24.9 Å². The Labute approximate surface area is 167 Å². The smallest absolute Gasteiger partial charge is 0.353 e. The summed E-state index contributed by atoms with van der Waals surface area (Å²) in [6.07, 6.45) is -4.49. The van der Waals surface area contributed by atoms with E-state index in [2.05, 4.69) is 20.2 Å². The number of rotatable bonds is 4. The molecule has 3 heterocycles. The van der Waals surface area contributed by atoms with Gasteiger partial charge in [0.2, 0.25) is 0 Å². The molecule has 1 aliphatic heterocycles. The van der Waals surface area contributed by atoms with Crippen molar-refractivity contribution in [1.29, 1.82) is 0 Å². The van der Waals surface area contributed by atoms with Crippen molar-refractivity contribution < 1.29 is 13.2 Å². The third-order valence-corrected chi connectivity index (χ3v) is 4.90. The van der Waals surface area contributed by atoms with Crippen LogP contribution in [0, 0.1) is 0 Å². The topological polar surface area (TPSA) is 67.2 Å². The monoisotopic (exact) mass is 410 g/mol. The second-order valence-corrected chi connectivity index (χ2v) is 8.13. The standard InChI is InChI=1S/C19H25F3N6O/c1-18(2,3)14-5-7-17(29)28(25-14)13-10-26-8-11-27(12-9-26)16-6-4-15(23-24-16)19(20,21)22/h4-7H,8-13H2,1-3H3. The van der Waals surface area contributed by atoms with Crippen LogP contribution in [0.3, 0.4) is 0 Å². The largest absolute Gasteiger partial charge is 0.435 e. The number of aromatic nitrogens is 4. The van der Waals surface area contributed by atoms with Crippen molar-refractivity contribution in [2.24, 2.45) is 0 Å². The van der Waals surface area contributed by atoms with Crippen molar-refractivity contribution in [3.8, 4) is 0 Å². The molecule has 0 atom stereocenters. The summed E-state index contributed by atoms with van der Waals surface area (Å²) in [6.45, 7) is 10.0. The average molecular weight is 410 g/mol. The van der Waals surface area contributed by atoms with Crippen LogP contribution in [-0.2, 0) is 18.1 Å². The normalized spacial score (nSPS) is 16.3. The van der Waals surface area contributed by atoms with Crippen molar-refractivity contribution >= 4 is 5.82 Å². The summed E-state index contributed by atoms with van der Waals surface area (Å²) in [5.41, 5.74) is -0.390. The van der Waals surface area contributed by atoms with Gasteiger partial charge in [-0.05, 0) is 18.2 Å². The highest BCUT2D eigenvalue weighted by Gasteiger charge is 2.33. The van der Waals surface area contributed by atoms with Crippen LogP contribution in [0.5, 0.6) is 0 Å². The van der Waals surface area contributed by atoms with Crippen LogP contribution in [0.2, 0.25) is 0 Å². The van der Waals surface area contributed by atoms with Crippen molar-refractivity contribution in [3.05, 3.63) is 46.0 Å². The molecule has 1 aliphatic rings. The van der Waals surface area contributed by atoms with Gasteiger partial charge in [-0.2, -0.15) is 18.3 Å². The summed E-state index contributed by atoms with van der Waals surface area (Å²) in [6, 6.07) is 5.62. The van der Waals surface area contributed by atoms with E-state index >= 15 is 0 Å². The van der Waals surface area contributed by atoms with Gasteiger partial charge in [0.15, 0.2) is 11.5 Å². The van der Waals surface area contributed by atoms with Gasteiger partial charge in [0.25, 0.3) is 5.56 Å². The predicted octanol–water partition coefficient (Wildman–Crippen LogP) is 2.17. The van der Waals surface area contributed by atoms with E-state index in [4.69, 9.17) is 0 Å². The number of hydrogen-bond acceptors (Lipinski definition) is 6. The molecule has 0 saturated carbocycles. The fourth-order valence-electron chi connectivity index (χ4n) is 3.09. The minimum absolute atomic E-state index is 0.128. The van der Waals surface area contributed by atoms with Crippen molar-refractivity contribution in [3.63, 3.8) is 0 Å². The lowest BCUT2D eigenvalue weighted by molar-refractivity contribution is -0.141. The Bertz CT molecular complexity index is 881. The highest BCUT2D eigenvalue weighted by Crippen LogP contribution is 2.27. The molecule has 0 radical (unpaired) electrons. The van der Waals surface area contributed by atoms with Gasteiger partial charge in [-0.1, -0.05) is 20.8 Å². The van der Waals surface area contributed by atoms with Gasteiger partial charge in [0, 0.05) is 44.2 Å². The van der Waals surface area contributed by atoms with Gasteiger partial charge in [0.05, 0.1) is 12.2 Å². The highest BCUT2D eigenvalue weighted by atomic mass is 19.4. The van der Waals surface area contributed by atoms with Crippen LogP contribution < -0.4 is 10.5 Å². The quantitative estimate of drug-likeness (QED) is 0.770. The van der Waals surface area contributed by atoms with E-state index in [9.17, 15) is 18.0 Å². The van der Waals surface area contributed by atoms with E-state index in [-0.39, 0.29) is 11.0 Å². The molecule has 0 bridgehead atoms. The number of piperazine rings is 1. The molecule has 0 aromatic carbocycles. The molecule has 0 spiro atoms. The summed E-state index contributed by atoms with van der Waals surface area (Å²) in [7, 11) is 0. The summed E-state index contributed by atoms with van der Waals surface area (Å²) < 4.78 is 39.3. The SMILES string of the molecule is CC(C)(C)c1ccc(=O)n(CCN2CCN(c3ccc(C(F)(F)F)nn3)CC2)n1. The minimum atomic E-state index is -4.49. The Hall–Kier alpha value is -2.49. The van der Waals surface area contributed by atoms with E-state index in [1.807, 2.05) is 25.7 Å². The molecule has 0 aliphatic carbocycles. The van der Waals surface area contributed by atoms with Gasteiger partial charge < -0.3 is 4.90 Å². The first kappa shape index (κ1) is 21.2. The third kappa shape index (κ3) is 5.31. The number of anilines is 1. The molecule has 10 heteroatoms. The van der Waals surface area contributed by atoms with Gasteiger partial charge in [-0.25, -0.2) is 4.68 Å². The molecule has 2 aromatic rings. The Morgan fingerprint density at radius 2 is 1.55 bits per heavy atom.